The number of sulfone groups is 1. The zero-order chi connectivity index (χ0) is 16.3. The Morgan fingerprint density at radius 2 is 2.00 bits per heavy atom. The Balaban J connectivity index is 2.54. The van der Waals surface area contributed by atoms with Gasteiger partial charge in [0.2, 0.25) is 0 Å². The van der Waals surface area contributed by atoms with E-state index in [9.17, 15) is 13.2 Å². The molecular weight excluding hydrogens is 304 g/mol. The minimum absolute atomic E-state index is 0.0924. The molecule has 7 heteroatoms. The van der Waals surface area contributed by atoms with Crippen LogP contribution >= 0.6 is 0 Å². The number of hydrogen-bond acceptors (Lipinski definition) is 5. The van der Waals surface area contributed by atoms with E-state index < -0.39 is 15.7 Å². The highest BCUT2D eigenvalue weighted by molar-refractivity contribution is 7.90. The van der Waals surface area contributed by atoms with Gasteiger partial charge in [-0.25, -0.2) is 13.4 Å². The van der Waals surface area contributed by atoms with Gasteiger partial charge in [0.25, 0.3) is 5.91 Å². The first-order valence-corrected chi connectivity index (χ1v) is 8.15. The maximum absolute atomic E-state index is 11.9. The number of carbonyl (C=O) groups is 1. The summed E-state index contributed by atoms with van der Waals surface area (Å²) in [5, 5.41) is 0. The van der Waals surface area contributed by atoms with Gasteiger partial charge in [-0.1, -0.05) is 0 Å². The normalized spacial score (nSPS) is 11.0. The number of aryl methyl sites for hydroxylation is 1. The minimum Gasteiger partial charge on any atom is -0.454 e. The van der Waals surface area contributed by atoms with E-state index in [4.69, 9.17) is 4.74 Å². The number of aromatic nitrogens is 1. The van der Waals surface area contributed by atoms with Crippen LogP contribution < -0.4 is 4.74 Å². The van der Waals surface area contributed by atoms with Crippen molar-refractivity contribution in [2.75, 3.05) is 6.26 Å². The average molecular weight is 318 g/mol. The van der Waals surface area contributed by atoms with E-state index in [-0.39, 0.29) is 16.2 Å². The Labute approximate surface area is 128 Å². The number of pyridine rings is 1. The van der Waals surface area contributed by atoms with Crippen LogP contribution in [0.1, 0.15) is 15.9 Å². The summed E-state index contributed by atoms with van der Waals surface area (Å²) < 4.78 is 29.5. The number of amides is 1. The van der Waals surface area contributed by atoms with Crippen molar-refractivity contribution in [3.05, 3.63) is 47.8 Å². The molecule has 1 amide bonds. The van der Waals surface area contributed by atoms with Crippen molar-refractivity contribution in [2.24, 2.45) is 4.99 Å². The second-order valence-corrected chi connectivity index (χ2v) is 6.62. The largest absolute Gasteiger partial charge is 0.454 e. The fourth-order valence-electron chi connectivity index (χ4n) is 1.78. The SMILES string of the molecule is C=NC(=O)c1ccc(Oc2cnccc2C)c(S(C)(=O)=O)c1. The van der Waals surface area contributed by atoms with E-state index in [0.717, 1.165) is 11.8 Å². The average Bonchev–Trinajstić information content (AvgIpc) is 2.48. The Kier molecular flexibility index (Phi) is 4.37. The van der Waals surface area contributed by atoms with Crippen LogP contribution in [0.15, 0.2) is 46.5 Å². The Morgan fingerprint density at radius 1 is 1.27 bits per heavy atom. The zero-order valence-corrected chi connectivity index (χ0v) is 12.9. The van der Waals surface area contributed by atoms with Crippen LogP contribution in [0.5, 0.6) is 11.5 Å². The van der Waals surface area contributed by atoms with Crippen LogP contribution in [-0.4, -0.2) is 32.3 Å². The highest BCUT2D eigenvalue weighted by Gasteiger charge is 2.18. The Bertz CT molecular complexity index is 844. The molecule has 0 saturated carbocycles. The van der Waals surface area contributed by atoms with Crippen LogP contribution in [0, 0.1) is 6.92 Å². The van der Waals surface area contributed by atoms with E-state index in [1.165, 1.54) is 24.4 Å². The molecule has 114 valence electrons. The highest BCUT2D eigenvalue weighted by Crippen LogP contribution is 2.31. The molecule has 6 nitrogen and oxygen atoms in total. The van der Waals surface area contributed by atoms with Crippen molar-refractivity contribution in [3.63, 3.8) is 0 Å². The fourth-order valence-corrected chi connectivity index (χ4v) is 2.60. The second-order valence-electron chi connectivity index (χ2n) is 4.64. The molecule has 2 rings (SSSR count). The van der Waals surface area contributed by atoms with Gasteiger partial charge in [0.1, 0.15) is 16.4 Å². The third kappa shape index (κ3) is 3.37. The highest BCUT2D eigenvalue weighted by atomic mass is 32.2. The number of rotatable bonds is 4. The maximum atomic E-state index is 11.9. The molecule has 0 bridgehead atoms. The molecule has 1 heterocycles. The van der Waals surface area contributed by atoms with Crippen molar-refractivity contribution in [3.8, 4) is 11.5 Å². The lowest BCUT2D eigenvalue weighted by Gasteiger charge is -2.12. The lowest BCUT2D eigenvalue weighted by atomic mass is 10.2. The molecule has 0 aliphatic carbocycles. The third-order valence-corrected chi connectivity index (χ3v) is 4.06. The lowest BCUT2D eigenvalue weighted by molar-refractivity contribution is 0.100. The molecule has 1 aromatic heterocycles. The predicted octanol–water partition coefficient (Wildman–Crippen LogP) is 2.43. The van der Waals surface area contributed by atoms with Crippen molar-refractivity contribution in [1.82, 2.24) is 4.98 Å². The van der Waals surface area contributed by atoms with Gasteiger partial charge in [-0.15, -0.1) is 0 Å². The van der Waals surface area contributed by atoms with E-state index in [1.807, 2.05) is 6.92 Å². The summed E-state index contributed by atoms with van der Waals surface area (Å²) >= 11 is 0. The summed E-state index contributed by atoms with van der Waals surface area (Å²) in [5.41, 5.74) is 0.938. The number of hydrogen-bond donors (Lipinski definition) is 0. The molecule has 0 fully saturated rings. The van der Waals surface area contributed by atoms with Crippen LogP contribution in [0.2, 0.25) is 0 Å². The van der Waals surface area contributed by atoms with Gasteiger partial charge in [-0.05, 0) is 43.5 Å². The molecule has 0 saturated heterocycles. The molecule has 1 aromatic carbocycles. The summed E-state index contributed by atoms with van der Waals surface area (Å²) in [6, 6.07) is 5.83. The van der Waals surface area contributed by atoms with Gasteiger partial charge < -0.3 is 4.74 Å². The van der Waals surface area contributed by atoms with Gasteiger partial charge in [-0.3, -0.25) is 9.78 Å². The standard InChI is InChI=1S/C15H14N2O4S/c1-10-6-7-17-9-13(10)21-12-5-4-11(15(18)16-2)8-14(12)22(3,19)20/h4-9H,2H2,1,3H3. The van der Waals surface area contributed by atoms with Gasteiger partial charge >= 0.3 is 0 Å². The molecule has 0 radical (unpaired) electrons. The first-order chi connectivity index (χ1) is 10.3. The molecular formula is C15H14N2O4S. The van der Waals surface area contributed by atoms with E-state index in [2.05, 4.69) is 16.7 Å². The number of carbonyl (C=O) groups excluding carboxylic acids is 1. The fraction of sp³-hybridized carbons (Fsp3) is 0.133. The lowest BCUT2D eigenvalue weighted by Crippen LogP contribution is -2.04. The number of ether oxygens (including phenoxy) is 1. The molecule has 0 spiro atoms. The number of benzene rings is 1. The molecule has 0 aliphatic rings. The molecule has 0 aliphatic heterocycles. The first-order valence-electron chi connectivity index (χ1n) is 6.26. The van der Waals surface area contributed by atoms with Crippen molar-refractivity contribution in [1.29, 1.82) is 0 Å². The summed E-state index contributed by atoms with van der Waals surface area (Å²) in [7, 11) is -3.59. The van der Waals surface area contributed by atoms with Crippen molar-refractivity contribution in [2.45, 2.75) is 11.8 Å². The van der Waals surface area contributed by atoms with Crippen LogP contribution in [0.25, 0.3) is 0 Å². The van der Waals surface area contributed by atoms with Crippen LogP contribution in [0.3, 0.4) is 0 Å². The molecule has 0 N–H and O–H groups in total. The second kappa shape index (κ2) is 6.07. The molecule has 22 heavy (non-hydrogen) atoms. The number of aliphatic imine (C=N–C) groups is 1. The first kappa shape index (κ1) is 15.8. The third-order valence-electron chi connectivity index (χ3n) is 2.94. The van der Waals surface area contributed by atoms with Gasteiger partial charge in [0.15, 0.2) is 9.84 Å². The van der Waals surface area contributed by atoms with Crippen LogP contribution in [-0.2, 0) is 9.84 Å². The smallest absolute Gasteiger partial charge is 0.276 e. The zero-order valence-electron chi connectivity index (χ0n) is 12.1. The summed E-state index contributed by atoms with van der Waals surface area (Å²) in [4.78, 5) is 18.7. The molecule has 0 atom stereocenters. The maximum Gasteiger partial charge on any atom is 0.276 e. The van der Waals surface area contributed by atoms with Crippen LogP contribution in [0.4, 0.5) is 0 Å². The molecule has 2 aromatic rings. The Morgan fingerprint density at radius 3 is 2.59 bits per heavy atom. The van der Waals surface area contributed by atoms with E-state index in [1.54, 1.807) is 12.3 Å². The van der Waals surface area contributed by atoms with Crippen molar-refractivity contribution < 1.29 is 17.9 Å². The van der Waals surface area contributed by atoms with Crippen molar-refractivity contribution >= 4 is 22.5 Å². The summed E-state index contributed by atoms with van der Waals surface area (Å²) in [5.74, 6) is -0.0402. The minimum atomic E-state index is -3.59. The van der Waals surface area contributed by atoms with Gasteiger partial charge in [-0.2, -0.15) is 0 Å². The number of nitrogens with zero attached hydrogens (tertiary/aromatic N) is 2. The van der Waals surface area contributed by atoms with E-state index >= 15 is 0 Å². The topological polar surface area (TPSA) is 85.7 Å². The predicted molar refractivity (Wildman–Crippen MR) is 82.5 cm³/mol. The monoisotopic (exact) mass is 318 g/mol. The van der Waals surface area contributed by atoms with Gasteiger partial charge in [0, 0.05) is 18.0 Å². The summed E-state index contributed by atoms with van der Waals surface area (Å²) in [6.45, 7) is 4.96. The Hall–Kier alpha value is -2.54. The van der Waals surface area contributed by atoms with E-state index in [0.29, 0.717) is 5.75 Å². The quantitative estimate of drug-likeness (QED) is 0.808. The summed E-state index contributed by atoms with van der Waals surface area (Å²) in [6.07, 6.45) is 4.14. The molecule has 0 unspecified atom stereocenters. The van der Waals surface area contributed by atoms with Gasteiger partial charge in [0.05, 0.1) is 6.20 Å².